The molecule has 5 rings (SSSR count). The number of hydrogen-bond acceptors (Lipinski definition) is 6. The van der Waals surface area contributed by atoms with E-state index in [-0.39, 0.29) is 36.8 Å². The van der Waals surface area contributed by atoms with E-state index in [1.165, 1.54) is 0 Å². The summed E-state index contributed by atoms with van der Waals surface area (Å²) >= 11 is 0. The Labute approximate surface area is 272 Å². The molecule has 2 aromatic rings. The van der Waals surface area contributed by atoms with E-state index in [1.807, 2.05) is 51.1 Å². The average Bonchev–Trinajstić information content (AvgIpc) is 3.58. The van der Waals surface area contributed by atoms with Crippen LogP contribution in [0, 0.1) is 17.8 Å². The number of aliphatic hydroxyl groups excluding tert-OH is 1. The molecule has 0 aromatic heterocycles. The Morgan fingerprint density at radius 3 is 2.37 bits per heavy atom. The molecule has 0 aliphatic carbocycles. The zero-order valence-corrected chi connectivity index (χ0v) is 27.4. The topological polar surface area (TPSA) is 99.6 Å². The third-order valence-electron chi connectivity index (χ3n) is 10.3. The molecule has 3 amide bonds. The Morgan fingerprint density at radius 2 is 1.78 bits per heavy atom. The van der Waals surface area contributed by atoms with E-state index >= 15 is 4.79 Å². The minimum atomic E-state index is -1.26. The molecular formula is C37H47N3O6. The number of nitrogens with zero attached hydrogens (tertiary/aromatic N) is 3. The lowest BCUT2D eigenvalue weighted by Gasteiger charge is -2.39. The molecule has 3 aliphatic rings. The second kappa shape index (κ2) is 13.4. The molecule has 9 nitrogen and oxygen atoms in total. The molecule has 0 saturated carbocycles. The van der Waals surface area contributed by atoms with E-state index in [0.29, 0.717) is 37.4 Å². The Bertz CT molecular complexity index is 1450. The molecule has 9 heteroatoms. The van der Waals surface area contributed by atoms with Crippen molar-refractivity contribution in [3.05, 3.63) is 85.5 Å². The second-order valence-corrected chi connectivity index (χ2v) is 13.0. The minimum absolute atomic E-state index is 0.108. The molecule has 2 aromatic carbocycles. The fourth-order valence-corrected chi connectivity index (χ4v) is 8.14. The molecule has 7 atom stereocenters. The maximum absolute atomic E-state index is 15.1. The summed E-state index contributed by atoms with van der Waals surface area (Å²) in [6, 6.07) is 15.0. The van der Waals surface area contributed by atoms with Crippen molar-refractivity contribution in [2.45, 2.75) is 63.3 Å². The fourth-order valence-electron chi connectivity index (χ4n) is 8.14. The van der Waals surface area contributed by atoms with Gasteiger partial charge in [0.05, 0.1) is 37.2 Å². The van der Waals surface area contributed by atoms with Gasteiger partial charge in [0, 0.05) is 25.3 Å². The zero-order chi connectivity index (χ0) is 33.2. The lowest BCUT2D eigenvalue weighted by atomic mass is 9.62. The summed E-state index contributed by atoms with van der Waals surface area (Å²) in [5, 5.41) is 10.8. The molecule has 1 spiro atoms. The SMILES string of the molecule is C=CCN(CCC)C(=O)[C@H]1[C@H]2C(=O)N([C@@H](CO)Cc3ccccc3)C(C(=O)N(CC=C)c3ccc(OC)cc3)C23CC(C)[C@]1(C)O3. The van der Waals surface area contributed by atoms with Crippen LogP contribution in [0.2, 0.25) is 0 Å². The Morgan fingerprint density at radius 1 is 1.11 bits per heavy atom. The minimum Gasteiger partial charge on any atom is -0.497 e. The second-order valence-electron chi connectivity index (χ2n) is 13.0. The number of carbonyl (C=O) groups excluding carboxylic acids is 3. The van der Waals surface area contributed by atoms with Crippen molar-refractivity contribution in [3.8, 4) is 5.75 Å². The third kappa shape index (κ3) is 5.43. The maximum atomic E-state index is 15.1. The molecule has 2 bridgehead atoms. The number of carbonyl (C=O) groups is 3. The molecule has 3 unspecified atom stereocenters. The molecule has 3 fully saturated rings. The van der Waals surface area contributed by atoms with Crippen LogP contribution in [0.3, 0.4) is 0 Å². The highest BCUT2D eigenvalue weighted by atomic mass is 16.5. The Hall–Kier alpha value is -3.95. The number of rotatable bonds is 14. The van der Waals surface area contributed by atoms with Gasteiger partial charge in [-0.05, 0) is 61.9 Å². The van der Waals surface area contributed by atoms with Crippen LogP contribution < -0.4 is 9.64 Å². The highest BCUT2D eigenvalue weighted by Gasteiger charge is 2.80. The normalized spacial score (nSPS) is 28.5. The maximum Gasteiger partial charge on any atom is 0.253 e. The van der Waals surface area contributed by atoms with Gasteiger partial charge in [0.1, 0.15) is 17.4 Å². The molecule has 246 valence electrons. The summed E-state index contributed by atoms with van der Waals surface area (Å²) in [7, 11) is 1.58. The summed E-state index contributed by atoms with van der Waals surface area (Å²) < 4.78 is 12.3. The fraction of sp³-hybridized carbons (Fsp3) is 0.486. The monoisotopic (exact) mass is 629 g/mol. The Balaban J connectivity index is 1.65. The number of methoxy groups -OCH3 is 1. The number of ether oxygens (including phenoxy) is 2. The van der Waals surface area contributed by atoms with Crippen LogP contribution in [0.4, 0.5) is 5.69 Å². The van der Waals surface area contributed by atoms with E-state index in [4.69, 9.17) is 9.47 Å². The number of amides is 3. The smallest absolute Gasteiger partial charge is 0.253 e. The zero-order valence-electron chi connectivity index (χ0n) is 27.4. The highest BCUT2D eigenvalue weighted by molar-refractivity contribution is 6.05. The molecule has 3 aliphatic heterocycles. The van der Waals surface area contributed by atoms with Crippen LogP contribution in [0.1, 0.15) is 39.2 Å². The predicted octanol–water partition coefficient (Wildman–Crippen LogP) is 4.25. The van der Waals surface area contributed by atoms with Crippen LogP contribution in [0.15, 0.2) is 79.9 Å². The summed E-state index contributed by atoms with van der Waals surface area (Å²) in [4.78, 5) is 49.3. The number of fused-ring (bicyclic) bond motifs is 1. The summed E-state index contributed by atoms with van der Waals surface area (Å²) in [5.74, 6) is -1.97. The van der Waals surface area contributed by atoms with Crippen LogP contribution in [0.5, 0.6) is 5.75 Å². The summed E-state index contributed by atoms with van der Waals surface area (Å²) in [6.45, 7) is 14.4. The van der Waals surface area contributed by atoms with Crippen molar-refractivity contribution in [1.29, 1.82) is 0 Å². The van der Waals surface area contributed by atoms with E-state index in [2.05, 4.69) is 13.2 Å². The largest absolute Gasteiger partial charge is 0.497 e. The molecule has 1 N–H and O–H groups in total. The first-order valence-electron chi connectivity index (χ1n) is 16.2. The van der Waals surface area contributed by atoms with Gasteiger partial charge in [-0.15, -0.1) is 13.2 Å². The number of aliphatic hydroxyl groups is 1. The van der Waals surface area contributed by atoms with Crippen molar-refractivity contribution in [2.75, 3.05) is 38.3 Å². The lowest BCUT2D eigenvalue weighted by Crippen LogP contribution is -2.59. The van der Waals surface area contributed by atoms with Gasteiger partial charge in [-0.25, -0.2) is 0 Å². The van der Waals surface area contributed by atoms with Gasteiger partial charge in [0.15, 0.2) is 0 Å². The average molecular weight is 630 g/mol. The van der Waals surface area contributed by atoms with Gasteiger partial charge in [-0.2, -0.15) is 0 Å². The van der Waals surface area contributed by atoms with Crippen LogP contribution >= 0.6 is 0 Å². The van der Waals surface area contributed by atoms with Crippen molar-refractivity contribution in [3.63, 3.8) is 0 Å². The number of likely N-dealkylation sites (tertiary alicyclic amines) is 1. The molecular weight excluding hydrogens is 582 g/mol. The quantitative estimate of drug-likeness (QED) is 0.314. The van der Waals surface area contributed by atoms with Gasteiger partial charge in [-0.1, -0.05) is 56.3 Å². The summed E-state index contributed by atoms with van der Waals surface area (Å²) in [5.41, 5.74) is -0.676. The van der Waals surface area contributed by atoms with Crippen LogP contribution in [-0.2, 0) is 25.5 Å². The van der Waals surface area contributed by atoms with Gasteiger partial charge in [0.2, 0.25) is 11.8 Å². The molecule has 3 heterocycles. The van der Waals surface area contributed by atoms with E-state index in [9.17, 15) is 14.7 Å². The van der Waals surface area contributed by atoms with Crippen molar-refractivity contribution < 1.29 is 29.0 Å². The first-order chi connectivity index (χ1) is 22.1. The van der Waals surface area contributed by atoms with Gasteiger partial charge >= 0.3 is 0 Å². The number of benzene rings is 2. The van der Waals surface area contributed by atoms with Crippen molar-refractivity contribution >= 4 is 23.4 Å². The predicted molar refractivity (Wildman–Crippen MR) is 177 cm³/mol. The van der Waals surface area contributed by atoms with E-state index < -0.39 is 35.1 Å². The number of hydrogen-bond donors (Lipinski definition) is 1. The molecule has 0 radical (unpaired) electrons. The lowest BCUT2D eigenvalue weighted by molar-refractivity contribution is -0.153. The Kier molecular flexibility index (Phi) is 9.75. The summed E-state index contributed by atoms with van der Waals surface area (Å²) in [6.07, 6.45) is 4.86. The molecule has 3 saturated heterocycles. The van der Waals surface area contributed by atoms with Crippen molar-refractivity contribution in [1.82, 2.24) is 9.80 Å². The standard InChI is InChI=1S/C37H47N3O6/c1-7-19-38(20-8-2)33(42)30-31-34(43)40(28(24-41)22-26-13-11-10-12-14-26)32(37(31)23-25(4)36(30,5)46-37)35(44)39(21-9-3)27-15-17-29(45-6)18-16-27/h7,9-18,25,28,30-32,41H,1,3,8,19-24H2,2,4-6H3/t25?,28-,30-,31+,32?,36+,37?/m1/s1. The molecule has 46 heavy (non-hydrogen) atoms. The van der Waals surface area contributed by atoms with Crippen LogP contribution in [0.25, 0.3) is 0 Å². The third-order valence-corrected chi connectivity index (χ3v) is 10.3. The van der Waals surface area contributed by atoms with Gasteiger partial charge in [-0.3, -0.25) is 14.4 Å². The van der Waals surface area contributed by atoms with E-state index in [0.717, 1.165) is 12.0 Å². The van der Waals surface area contributed by atoms with E-state index in [1.54, 1.807) is 58.2 Å². The number of anilines is 1. The first-order valence-corrected chi connectivity index (χ1v) is 16.2. The van der Waals surface area contributed by atoms with Gasteiger partial charge < -0.3 is 29.3 Å². The van der Waals surface area contributed by atoms with Gasteiger partial charge in [0.25, 0.3) is 5.91 Å². The van der Waals surface area contributed by atoms with Crippen molar-refractivity contribution in [2.24, 2.45) is 17.8 Å². The van der Waals surface area contributed by atoms with Crippen LogP contribution in [-0.4, -0.2) is 89.3 Å². The highest BCUT2D eigenvalue weighted by Crippen LogP contribution is 2.66. The first kappa shape index (κ1) is 33.4.